The monoisotopic (exact) mass is 272 g/mol. The number of benzene rings is 2. The van der Waals surface area contributed by atoms with Gasteiger partial charge in [0.25, 0.3) is 0 Å². The normalized spacial score (nSPS) is 11.5. The maximum absolute atomic E-state index is 14.8. The molecule has 0 fully saturated rings. The van der Waals surface area contributed by atoms with Crippen molar-refractivity contribution in [2.75, 3.05) is 7.11 Å². The summed E-state index contributed by atoms with van der Waals surface area (Å²) in [5, 5.41) is 0. The van der Waals surface area contributed by atoms with Crippen LogP contribution < -0.4 is 4.74 Å². The van der Waals surface area contributed by atoms with E-state index in [9.17, 15) is 4.39 Å². The van der Waals surface area contributed by atoms with Crippen molar-refractivity contribution in [3.8, 4) is 16.9 Å². The number of hydrogen-bond acceptors (Lipinski definition) is 1. The molecule has 0 atom stereocenters. The van der Waals surface area contributed by atoms with Gasteiger partial charge in [-0.1, -0.05) is 45.0 Å². The molecule has 0 heterocycles. The molecular formula is C18H21FO. The van der Waals surface area contributed by atoms with Crippen LogP contribution in [0.1, 0.15) is 31.9 Å². The lowest BCUT2D eigenvalue weighted by atomic mass is 9.84. The summed E-state index contributed by atoms with van der Waals surface area (Å²) in [4.78, 5) is 0. The highest BCUT2D eigenvalue weighted by Crippen LogP contribution is 2.34. The number of methoxy groups -OCH3 is 1. The second kappa shape index (κ2) is 5.28. The van der Waals surface area contributed by atoms with E-state index < -0.39 is 0 Å². The average molecular weight is 272 g/mol. The number of rotatable bonds is 2. The predicted octanol–water partition coefficient (Wildman–Crippen LogP) is 5.11. The summed E-state index contributed by atoms with van der Waals surface area (Å²) in [5.41, 5.74) is 3.07. The molecule has 0 N–H and O–H groups in total. The highest BCUT2D eigenvalue weighted by Gasteiger charge is 2.21. The Morgan fingerprint density at radius 2 is 1.70 bits per heavy atom. The van der Waals surface area contributed by atoms with Crippen molar-refractivity contribution < 1.29 is 9.13 Å². The van der Waals surface area contributed by atoms with Crippen molar-refractivity contribution in [2.24, 2.45) is 0 Å². The van der Waals surface area contributed by atoms with E-state index in [0.29, 0.717) is 5.56 Å². The molecule has 0 aliphatic heterocycles. The van der Waals surface area contributed by atoms with E-state index in [1.54, 1.807) is 7.11 Å². The highest BCUT2D eigenvalue weighted by atomic mass is 19.1. The Morgan fingerprint density at radius 3 is 2.30 bits per heavy atom. The van der Waals surface area contributed by atoms with E-state index in [2.05, 4.69) is 0 Å². The zero-order valence-electron chi connectivity index (χ0n) is 12.8. The van der Waals surface area contributed by atoms with Crippen LogP contribution in [-0.2, 0) is 5.41 Å². The molecule has 2 aromatic carbocycles. The second-order valence-electron chi connectivity index (χ2n) is 6.10. The summed E-state index contributed by atoms with van der Waals surface area (Å²) < 4.78 is 20.1. The SMILES string of the molecule is COc1ccc(C)c(-c2cccc(C(C)(C)C)c2F)c1. The Balaban J connectivity index is 2.65. The number of halogens is 1. The third-order valence-electron chi connectivity index (χ3n) is 3.54. The molecule has 0 aromatic heterocycles. The highest BCUT2D eigenvalue weighted by molar-refractivity contribution is 5.70. The van der Waals surface area contributed by atoms with Crippen LogP contribution in [0.5, 0.6) is 5.75 Å². The van der Waals surface area contributed by atoms with E-state index in [1.807, 2.05) is 64.1 Å². The quantitative estimate of drug-likeness (QED) is 0.738. The molecule has 0 saturated heterocycles. The standard InChI is InChI=1S/C18H21FO/c1-12-9-10-13(20-5)11-15(12)14-7-6-8-16(17(14)19)18(2,3)4/h6-11H,1-5H3. The minimum Gasteiger partial charge on any atom is -0.497 e. The van der Waals surface area contributed by atoms with Crippen molar-refractivity contribution >= 4 is 0 Å². The van der Waals surface area contributed by atoms with Crippen molar-refractivity contribution in [1.29, 1.82) is 0 Å². The van der Waals surface area contributed by atoms with E-state index in [4.69, 9.17) is 4.74 Å². The summed E-state index contributed by atoms with van der Waals surface area (Å²) in [6.45, 7) is 8.05. The maximum atomic E-state index is 14.8. The molecule has 0 amide bonds. The minimum absolute atomic E-state index is 0.142. The first-order valence-electron chi connectivity index (χ1n) is 6.78. The van der Waals surface area contributed by atoms with Crippen LogP contribution in [0, 0.1) is 12.7 Å². The molecule has 0 spiro atoms. The van der Waals surface area contributed by atoms with Gasteiger partial charge in [0.15, 0.2) is 0 Å². The van der Waals surface area contributed by atoms with Gasteiger partial charge < -0.3 is 4.74 Å². The third kappa shape index (κ3) is 2.69. The Bertz CT molecular complexity index is 624. The van der Waals surface area contributed by atoms with Crippen LogP contribution >= 0.6 is 0 Å². The molecule has 0 saturated carbocycles. The zero-order chi connectivity index (χ0) is 14.9. The van der Waals surface area contributed by atoms with Gasteiger partial charge in [-0.3, -0.25) is 0 Å². The molecule has 106 valence electrons. The Morgan fingerprint density at radius 1 is 1.00 bits per heavy atom. The third-order valence-corrected chi connectivity index (χ3v) is 3.54. The van der Waals surface area contributed by atoms with Crippen LogP contribution in [0.2, 0.25) is 0 Å². The van der Waals surface area contributed by atoms with Gasteiger partial charge in [0.1, 0.15) is 11.6 Å². The molecule has 0 bridgehead atoms. The van der Waals surface area contributed by atoms with Gasteiger partial charge in [0.05, 0.1) is 7.11 Å². The van der Waals surface area contributed by atoms with E-state index in [-0.39, 0.29) is 11.2 Å². The van der Waals surface area contributed by atoms with Crippen molar-refractivity contribution in [3.63, 3.8) is 0 Å². The smallest absolute Gasteiger partial charge is 0.134 e. The number of aryl methyl sites for hydroxylation is 1. The van der Waals surface area contributed by atoms with Crippen molar-refractivity contribution in [1.82, 2.24) is 0 Å². The van der Waals surface area contributed by atoms with Gasteiger partial charge in [0.2, 0.25) is 0 Å². The molecule has 0 aliphatic carbocycles. The summed E-state index contributed by atoms with van der Waals surface area (Å²) in [6.07, 6.45) is 0. The number of hydrogen-bond donors (Lipinski definition) is 0. The fourth-order valence-electron chi connectivity index (χ4n) is 2.34. The van der Waals surface area contributed by atoms with Gasteiger partial charge in [-0.2, -0.15) is 0 Å². The van der Waals surface area contributed by atoms with Crippen LogP contribution in [0.25, 0.3) is 11.1 Å². The molecule has 2 aromatic rings. The zero-order valence-corrected chi connectivity index (χ0v) is 12.8. The Labute approximate surface area is 120 Å². The lowest BCUT2D eigenvalue weighted by molar-refractivity contribution is 0.415. The fraction of sp³-hybridized carbons (Fsp3) is 0.333. The van der Waals surface area contributed by atoms with E-state index >= 15 is 0 Å². The van der Waals surface area contributed by atoms with Gasteiger partial charge >= 0.3 is 0 Å². The molecule has 1 nitrogen and oxygen atoms in total. The van der Waals surface area contributed by atoms with E-state index in [0.717, 1.165) is 22.4 Å². The van der Waals surface area contributed by atoms with Crippen LogP contribution in [0.3, 0.4) is 0 Å². The fourth-order valence-corrected chi connectivity index (χ4v) is 2.34. The summed E-state index contributed by atoms with van der Waals surface area (Å²) in [7, 11) is 1.62. The lowest BCUT2D eigenvalue weighted by Crippen LogP contribution is -2.14. The molecule has 0 aliphatic rings. The van der Waals surface area contributed by atoms with E-state index in [1.165, 1.54) is 0 Å². The van der Waals surface area contributed by atoms with Gasteiger partial charge in [-0.15, -0.1) is 0 Å². The largest absolute Gasteiger partial charge is 0.497 e. The Kier molecular flexibility index (Phi) is 3.85. The Hall–Kier alpha value is -1.83. The number of ether oxygens (including phenoxy) is 1. The molecule has 0 radical (unpaired) electrons. The van der Waals surface area contributed by atoms with Gasteiger partial charge in [-0.25, -0.2) is 4.39 Å². The summed E-state index contributed by atoms with van der Waals surface area (Å²) in [5.74, 6) is 0.600. The van der Waals surface area contributed by atoms with Crippen molar-refractivity contribution in [2.45, 2.75) is 33.1 Å². The first-order chi connectivity index (χ1) is 9.34. The molecular weight excluding hydrogens is 251 g/mol. The summed E-state index contributed by atoms with van der Waals surface area (Å²) >= 11 is 0. The second-order valence-corrected chi connectivity index (χ2v) is 6.10. The predicted molar refractivity (Wildman–Crippen MR) is 81.8 cm³/mol. The lowest BCUT2D eigenvalue weighted by Gasteiger charge is -2.21. The molecule has 2 rings (SSSR count). The van der Waals surface area contributed by atoms with Crippen LogP contribution in [0.15, 0.2) is 36.4 Å². The van der Waals surface area contributed by atoms with Crippen LogP contribution in [-0.4, -0.2) is 7.11 Å². The molecule has 20 heavy (non-hydrogen) atoms. The average Bonchev–Trinajstić information content (AvgIpc) is 2.38. The first kappa shape index (κ1) is 14.6. The molecule has 2 heteroatoms. The molecule has 0 unspecified atom stereocenters. The van der Waals surface area contributed by atoms with Gasteiger partial charge in [0, 0.05) is 5.56 Å². The van der Waals surface area contributed by atoms with Gasteiger partial charge in [-0.05, 0) is 41.2 Å². The van der Waals surface area contributed by atoms with Crippen molar-refractivity contribution in [3.05, 3.63) is 53.3 Å². The summed E-state index contributed by atoms with van der Waals surface area (Å²) in [6, 6.07) is 11.3. The minimum atomic E-state index is -0.215. The van der Waals surface area contributed by atoms with Crippen LogP contribution in [0.4, 0.5) is 4.39 Å². The first-order valence-corrected chi connectivity index (χ1v) is 6.78. The topological polar surface area (TPSA) is 9.23 Å². The maximum Gasteiger partial charge on any atom is 0.134 e.